The lowest BCUT2D eigenvalue weighted by atomic mass is 9.95. The molecule has 0 fully saturated rings. The maximum atomic E-state index is 9.03. The molecule has 0 radical (unpaired) electrons. The van der Waals surface area contributed by atoms with Crippen molar-refractivity contribution in [2.45, 2.75) is 45.7 Å². The molecule has 0 aromatic heterocycles. The zero-order chi connectivity index (χ0) is 13.8. The van der Waals surface area contributed by atoms with E-state index in [4.69, 9.17) is 11.0 Å². The number of nitrogens with zero attached hydrogens (tertiary/aromatic N) is 2. The molecule has 0 saturated heterocycles. The number of hydrogen-bond acceptors (Lipinski definition) is 3. The second-order valence-corrected chi connectivity index (χ2v) is 5.15. The third-order valence-corrected chi connectivity index (χ3v) is 3.27. The van der Waals surface area contributed by atoms with E-state index in [1.807, 2.05) is 12.1 Å². The van der Waals surface area contributed by atoms with E-state index in [9.17, 15) is 0 Å². The van der Waals surface area contributed by atoms with Crippen molar-refractivity contribution in [2.24, 2.45) is 5.73 Å². The Morgan fingerprint density at radius 3 is 2.56 bits per heavy atom. The summed E-state index contributed by atoms with van der Waals surface area (Å²) in [5, 5.41) is 9.03. The molecule has 0 aliphatic heterocycles. The number of aryl methyl sites for hydroxylation is 1. The maximum Gasteiger partial charge on any atom is 0.103 e. The summed E-state index contributed by atoms with van der Waals surface area (Å²) in [6, 6.07) is 10.7. The number of nitriles is 1. The largest absolute Gasteiger partial charge is 0.369 e. The molecule has 0 aliphatic carbocycles. The normalized spacial score (nSPS) is 15.6. The molecular formula is C15H23N3. The lowest BCUT2D eigenvalue weighted by Gasteiger charge is -2.34. The van der Waals surface area contributed by atoms with Gasteiger partial charge in [0.1, 0.15) is 5.54 Å². The van der Waals surface area contributed by atoms with E-state index in [1.165, 1.54) is 11.3 Å². The Morgan fingerprint density at radius 1 is 1.44 bits per heavy atom. The van der Waals surface area contributed by atoms with Crippen LogP contribution >= 0.6 is 0 Å². The van der Waals surface area contributed by atoms with Gasteiger partial charge in [0.2, 0.25) is 0 Å². The van der Waals surface area contributed by atoms with Crippen LogP contribution in [-0.2, 0) is 0 Å². The predicted molar refractivity (Wildman–Crippen MR) is 76.5 cm³/mol. The SMILES string of the molecule is CCN(c1ccccc1C)C(C)CC(C)(N)C#N. The lowest BCUT2D eigenvalue weighted by molar-refractivity contribution is 0.470. The van der Waals surface area contributed by atoms with Gasteiger partial charge in [-0.05, 0) is 45.7 Å². The Morgan fingerprint density at radius 2 is 2.06 bits per heavy atom. The topological polar surface area (TPSA) is 53.0 Å². The zero-order valence-electron chi connectivity index (χ0n) is 11.8. The third-order valence-electron chi connectivity index (χ3n) is 3.27. The molecule has 1 rings (SSSR count). The summed E-state index contributed by atoms with van der Waals surface area (Å²) < 4.78 is 0. The van der Waals surface area contributed by atoms with Crippen molar-refractivity contribution in [1.29, 1.82) is 5.26 Å². The third kappa shape index (κ3) is 3.48. The fraction of sp³-hybridized carbons (Fsp3) is 0.533. The van der Waals surface area contributed by atoms with Gasteiger partial charge in [-0.2, -0.15) is 5.26 Å². The van der Waals surface area contributed by atoms with E-state index >= 15 is 0 Å². The van der Waals surface area contributed by atoms with Crippen LogP contribution in [-0.4, -0.2) is 18.1 Å². The van der Waals surface area contributed by atoms with Crippen molar-refractivity contribution in [1.82, 2.24) is 0 Å². The quantitative estimate of drug-likeness (QED) is 0.868. The van der Waals surface area contributed by atoms with Crippen LogP contribution in [0.3, 0.4) is 0 Å². The van der Waals surface area contributed by atoms with E-state index in [-0.39, 0.29) is 6.04 Å². The van der Waals surface area contributed by atoms with Crippen LogP contribution in [0.1, 0.15) is 32.8 Å². The van der Waals surface area contributed by atoms with Crippen molar-refractivity contribution in [3.05, 3.63) is 29.8 Å². The van der Waals surface area contributed by atoms with E-state index in [0.717, 1.165) is 6.54 Å². The first-order valence-electron chi connectivity index (χ1n) is 6.43. The maximum absolute atomic E-state index is 9.03. The Labute approximate surface area is 110 Å². The summed E-state index contributed by atoms with van der Waals surface area (Å²) >= 11 is 0. The highest BCUT2D eigenvalue weighted by Crippen LogP contribution is 2.24. The van der Waals surface area contributed by atoms with Gasteiger partial charge in [0, 0.05) is 18.3 Å². The molecule has 0 amide bonds. The van der Waals surface area contributed by atoms with Gasteiger partial charge in [-0.25, -0.2) is 0 Å². The second-order valence-electron chi connectivity index (χ2n) is 5.15. The molecule has 98 valence electrons. The van der Waals surface area contributed by atoms with Gasteiger partial charge < -0.3 is 10.6 Å². The molecule has 0 aliphatic rings. The predicted octanol–water partition coefficient (Wildman–Crippen LogP) is 2.84. The summed E-state index contributed by atoms with van der Waals surface area (Å²) in [4.78, 5) is 2.30. The molecule has 0 heterocycles. The molecular weight excluding hydrogens is 222 g/mol. The van der Waals surface area contributed by atoms with Crippen LogP contribution in [0, 0.1) is 18.3 Å². The van der Waals surface area contributed by atoms with Crippen LogP contribution in [0.2, 0.25) is 0 Å². The number of para-hydroxylation sites is 1. The molecule has 0 spiro atoms. The Kier molecular flexibility index (Phi) is 4.75. The van der Waals surface area contributed by atoms with Gasteiger partial charge in [0.25, 0.3) is 0 Å². The van der Waals surface area contributed by atoms with Crippen LogP contribution in [0.5, 0.6) is 0 Å². The number of benzene rings is 1. The van der Waals surface area contributed by atoms with Gasteiger partial charge in [-0.3, -0.25) is 0 Å². The standard InChI is InChI=1S/C15H23N3/c1-5-18(13(3)10-15(4,17)11-16)14-9-7-6-8-12(14)2/h6-9,13H,5,10,17H2,1-4H3. The summed E-state index contributed by atoms with van der Waals surface area (Å²) in [6.45, 7) is 9.06. The average molecular weight is 245 g/mol. The average Bonchev–Trinajstić information content (AvgIpc) is 2.32. The van der Waals surface area contributed by atoms with Crippen LogP contribution in [0.4, 0.5) is 5.69 Å². The van der Waals surface area contributed by atoms with Gasteiger partial charge in [0.05, 0.1) is 6.07 Å². The minimum Gasteiger partial charge on any atom is -0.369 e. The number of hydrogen-bond donors (Lipinski definition) is 1. The van der Waals surface area contributed by atoms with Crippen LogP contribution < -0.4 is 10.6 Å². The van der Waals surface area contributed by atoms with Crippen LogP contribution in [0.25, 0.3) is 0 Å². The molecule has 1 aromatic carbocycles. The zero-order valence-corrected chi connectivity index (χ0v) is 11.8. The first-order chi connectivity index (χ1) is 8.41. The number of rotatable bonds is 5. The Balaban J connectivity index is 2.92. The summed E-state index contributed by atoms with van der Waals surface area (Å²) in [7, 11) is 0. The fourth-order valence-electron chi connectivity index (χ4n) is 2.37. The minimum atomic E-state index is -0.768. The van der Waals surface area contributed by atoms with E-state index < -0.39 is 5.54 Å². The molecule has 1 aromatic rings. The van der Waals surface area contributed by atoms with Crippen LogP contribution in [0.15, 0.2) is 24.3 Å². The second kappa shape index (κ2) is 5.88. The van der Waals surface area contributed by atoms with Crippen molar-refractivity contribution in [2.75, 3.05) is 11.4 Å². The molecule has 2 N–H and O–H groups in total. The number of nitrogens with two attached hydrogens (primary N) is 1. The van der Waals surface area contributed by atoms with Crippen molar-refractivity contribution in [3.63, 3.8) is 0 Å². The lowest BCUT2D eigenvalue weighted by Crippen LogP contribution is -2.44. The highest BCUT2D eigenvalue weighted by molar-refractivity contribution is 5.53. The highest BCUT2D eigenvalue weighted by Gasteiger charge is 2.24. The molecule has 0 bridgehead atoms. The Bertz CT molecular complexity index is 432. The minimum absolute atomic E-state index is 0.241. The number of anilines is 1. The van der Waals surface area contributed by atoms with Gasteiger partial charge >= 0.3 is 0 Å². The monoisotopic (exact) mass is 245 g/mol. The highest BCUT2D eigenvalue weighted by atomic mass is 15.2. The van der Waals surface area contributed by atoms with Crippen molar-refractivity contribution >= 4 is 5.69 Å². The fourth-order valence-corrected chi connectivity index (χ4v) is 2.37. The van der Waals surface area contributed by atoms with E-state index in [0.29, 0.717) is 6.42 Å². The van der Waals surface area contributed by atoms with Crippen molar-refractivity contribution in [3.8, 4) is 6.07 Å². The first-order valence-corrected chi connectivity index (χ1v) is 6.43. The van der Waals surface area contributed by atoms with Gasteiger partial charge in [0.15, 0.2) is 0 Å². The summed E-state index contributed by atoms with van der Waals surface area (Å²) in [5.41, 5.74) is 7.64. The molecule has 2 atom stereocenters. The van der Waals surface area contributed by atoms with E-state index in [2.05, 4.69) is 43.9 Å². The van der Waals surface area contributed by atoms with Crippen molar-refractivity contribution < 1.29 is 0 Å². The summed E-state index contributed by atoms with van der Waals surface area (Å²) in [6.07, 6.45) is 0.658. The Hall–Kier alpha value is -1.53. The first kappa shape index (κ1) is 14.5. The molecule has 0 saturated carbocycles. The van der Waals surface area contributed by atoms with E-state index in [1.54, 1.807) is 6.92 Å². The molecule has 3 nitrogen and oxygen atoms in total. The van der Waals surface area contributed by atoms with Gasteiger partial charge in [-0.1, -0.05) is 18.2 Å². The van der Waals surface area contributed by atoms with Gasteiger partial charge in [-0.15, -0.1) is 0 Å². The molecule has 3 heteroatoms. The smallest absolute Gasteiger partial charge is 0.103 e. The molecule has 18 heavy (non-hydrogen) atoms. The summed E-state index contributed by atoms with van der Waals surface area (Å²) in [5.74, 6) is 0. The molecule has 2 unspecified atom stereocenters.